The van der Waals surface area contributed by atoms with Crippen LogP contribution in [0.15, 0.2) is 42.5 Å². The summed E-state index contributed by atoms with van der Waals surface area (Å²) in [6.07, 6.45) is 2.58. The third-order valence-electron chi connectivity index (χ3n) is 3.57. The number of hydrogen-bond acceptors (Lipinski definition) is 2. The molecule has 1 aliphatic heterocycles. The molecule has 1 unspecified atom stereocenters. The average molecular weight is 241 g/mol. The van der Waals surface area contributed by atoms with Crippen LogP contribution in [-0.4, -0.2) is 25.8 Å². The van der Waals surface area contributed by atoms with E-state index in [0.29, 0.717) is 6.10 Å². The zero-order valence-corrected chi connectivity index (χ0v) is 10.6. The average Bonchev–Trinajstić information content (AvgIpc) is 2.46. The largest absolute Gasteiger partial charge is 0.376 e. The van der Waals surface area contributed by atoms with Crippen molar-refractivity contribution in [1.29, 1.82) is 0 Å². The first-order chi connectivity index (χ1) is 8.92. The van der Waals surface area contributed by atoms with E-state index in [9.17, 15) is 0 Å². The second kappa shape index (κ2) is 5.51. The molecule has 94 valence electrons. The van der Waals surface area contributed by atoms with Crippen molar-refractivity contribution in [3.8, 4) is 0 Å². The molecule has 1 atom stereocenters. The smallest absolute Gasteiger partial charge is 0.0703 e. The molecule has 18 heavy (non-hydrogen) atoms. The molecule has 0 aromatic heterocycles. The van der Waals surface area contributed by atoms with Crippen molar-refractivity contribution >= 4 is 10.8 Å². The molecule has 1 saturated heterocycles. The number of fused-ring (bicyclic) bond motifs is 1. The second-order valence-corrected chi connectivity index (χ2v) is 4.92. The molecule has 0 spiro atoms. The highest BCUT2D eigenvalue weighted by atomic mass is 16.5. The molecule has 1 aliphatic rings. The number of aryl methyl sites for hydroxylation is 1. The van der Waals surface area contributed by atoms with Crippen LogP contribution in [0.4, 0.5) is 0 Å². The molecule has 0 radical (unpaired) electrons. The zero-order valence-electron chi connectivity index (χ0n) is 10.6. The maximum atomic E-state index is 5.72. The molecule has 2 aromatic rings. The van der Waals surface area contributed by atoms with Crippen LogP contribution in [0.25, 0.3) is 10.8 Å². The lowest BCUT2D eigenvalue weighted by atomic mass is 10.0. The van der Waals surface area contributed by atoms with Gasteiger partial charge in [-0.3, -0.25) is 0 Å². The number of benzene rings is 2. The van der Waals surface area contributed by atoms with Gasteiger partial charge >= 0.3 is 0 Å². The fraction of sp³-hybridized carbons (Fsp3) is 0.375. The van der Waals surface area contributed by atoms with Crippen molar-refractivity contribution in [3.63, 3.8) is 0 Å². The SMILES string of the molecule is c1ccc2cc(CCC3CNCCO3)ccc2c1. The molecule has 1 N–H and O–H groups in total. The van der Waals surface area contributed by atoms with E-state index in [4.69, 9.17) is 4.74 Å². The van der Waals surface area contributed by atoms with E-state index in [2.05, 4.69) is 47.8 Å². The maximum absolute atomic E-state index is 5.72. The predicted molar refractivity (Wildman–Crippen MR) is 74.9 cm³/mol. The number of ether oxygens (including phenoxy) is 1. The third kappa shape index (κ3) is 2.71. The maximum Gasteiger partial charge on any atom is 0.0703 e. The van der Waals surface area contributed by atoms with Gasteiger partial charge in [0.25, 0.3) is 0 Å². The summed E-state index contributed by atoms with van der Waals surface area (Å²) in [4.78, 5) is 0. The Morgan fingerprint density at radius 3 is 2.83 bits per heavy atom. The van der Waals surface area contributed by atoms with Crippen LogP contribution in [0.3, 0.4) is 0 Å². The minimum absolute atomic E-state index is 0.380. The molecule has 3 rings (SSSR count). The van der Waals surface area contributed by atoms with Crippen molar-refractivity contribution in [1.82, 2.24) is 5.32 Å². The van der Waals surface area contributed by atoms with Crippen LogP contribution < -0.4 is 5.32 Å². The first kappa shape index (κ1) is 11.7. The molecular formula is C16H19NO. The van der Waals surface area contributed by atoms with Gasteiger partial charge in [0.15, 0.2) is 0 Å². The fourth-order valence-electron chi connectivity index (χ4n) is 2.53. The second-order valence-electron chi connectivity index (χ2n) is 4.92. The van der Waals surface area contributed by atoms with Crippen molar-refractivity contribution in [2.75, 3.05) is 19.7 Å². The molecule has 0 amide bonds. The van der Waals surface area contributed by atoms with Gasteiger partial charge < -0.3 is 10.1 Å². The minimum atomic E-state index is 0.380. The molecule has 2 heteroatoms. The van der Waals surface area contributed by atoms with E-state index in [1.54, 1.807) is 0 Å². The Kier molecular flexibility index (Phi) is 3.58. The van der Waals surface area contributed by atoms with Gasteiger partial charge in [0.2, 0.25) is 0 Å². The third-order valence-corrected chi connectivity index (χ3v) is 3.57. The predicted octanol–water partition coefficient (Wildman–Crippen LogP) is 2.76. The summed E-state index contributed by atoms with van der Waals surface area (Å²) in [5.41, 5.74) is 1.41. The van der Waals surface area contributed by atoms with E-state index in [0.717, 1.165) is 32.5 Å². The normalized spacial score (nSPS) is 20.1. The quantitative estimate of drug-likeness (QED) is 0.892. The van der Waals surface area contributed by atoms with Gasteiger partial charge in [-0.05, 0) is 29.2 Å². The Morgan fingerprint density at radius 1 is 1.11 bits per heavy atom. The number of rotatable bonds is 3. The summed E-state index contributed by atoms with van der Waals surface area (Å²) < 4.78 is 5.72. The first-order valence-electron chi connectivity index (χ1n) is 6.72. The molecule has 1 fully saturated rings. The topological polar surface area (TPSA) is 21.3 Å². The van der Waals surface area contributed by atoms with E-state index < -0.39 is 0 Å². The Balaban J connectivity index is 1.66. The van der Waals surface area contributed by atoms with Crippen LogP contribution >= 0.6 is 0 Å². The highest BCUT2D eigenvalue weighted by Gasteiger charge is 2.12. The number of morpholine rings is 1. The molecule has 0 aliphatic carbocycles. The lowest BCUT2D eigenvalue weighted by molar-refractivity contribution is 0.0238. The van der Waals surface area contributed by atoms with E-state index >= 15 is 0 Å². The van der Waals surface area contributed by atoms with E-state index in [1.165, 1.54) is 16.3 Å². The van der Waals surface area contributed by atoms with Gasteiger partial charge in [0.05, 0.1) is 12.7 Å². The summed E-state index contributed by atoms with van der Waals surface area (Å²) in [6.45, 7) is 2.84. The highest BCUT2D eigenvalue weighted by molar-refractivity contribution is 5.82. The summed E-state index contributed by atoms with van der Waals surface area (Å²) in [7, 11) is 0. The van der Waals surface area contributed by atoms with Crippen LogP contribution in [0, 0.1) is 0 Å². The lowest BCUT2D eigenvalue weighted by Crippen LogP contribution is -2.38. The van der Waals surface area contributed by atoms with Crippen molar-refractivity contribution in [3.05, 3.63) is 48.0 Å². The lowest BCUT2D eigenvalue weighted by Gasteiger charge is -2.23. The van der Waals surface area contributed by atoms with E-state index in [1.807, 2.05) is 0 Å². The van der Waals surface area contributed by atoms with Crippen molar-refractivity contribution in [2.45, 2.75) is 18.9 Å². The Hall–Kier alpha value is -1.38. The summed E-state index contributed by atoms with van der Waals surface area (Å²) in [6, 6.07) is 15.3. The number of hydrogen-bond donors (Lipinski definition) is 1. The standard InChI is InChI=1S/C16H19NO/c1-2-4-15-11-13(5-7-14(15)3-1)6-8-16-12-17-9-10-18-16/h1-5,7,11,16-17H,6,8-10,12H2. The first-order valence-corrected chi connectivity index (χ1v) is 6.72. The van der Waals surface area contributed by atoms with Crippen LogP contribution in [-0.2, 0) is 11.2 Å². The van der Waals surface area contributed by atoms with Gasteiger partial charge in [-0.2, -0.15) is 0 Å². The van der Waals surface area contributed by atoms with Crippen molar-refractivity contribution < 1.29 is 4.74 Å². The minimum Gasteiger partial charge on any atom is -0.376 e. The molecule has 2 nitrogen and oxygen atoms in total. The summed E-state index contributed by atoms with van der Waals surface area (Å²) in [5, 5.41) is 6.02. The summed E-state index contributed by atoms with van der Waals surface area (Å²) >= 11 is 0. The molecule has 0 saturated carbocycles. The molecule has 1 heterocycles. The molecule has 0 bridgehead atoms. The summed E-state index contributed by atoms with van der Waals surface area (Å²) in [5.74, 6) is 0. The van der Waals surface area contributed by atoms with Crippen LogP contribution in [0.5, 0.6) is 0 Å². The van der Waals surface area contributed by atoms with Crippen LogP contribution in [0.2, 0.25) is 0 Å². The monoisotopic (exact) mass is 241 g/mol. The molecule has 2 aromatic carbocycles. The molecular weight excluding hydrogens is 222 g/mol. The van der Waals surface area contributed by atoms with Crippen molar-refractivity contribution in [2.24, 2.45) is 0 Å². The van der Waals surface area contributed by atoms with Gasteiger partial charge in [0, 0.05) is 13.1 Å². The Morgan fingerprint density at radius 2 is 2.00 bits per heavy atom. The van der Waals surface area contributed by atoms with Gasteiger partial charge in [-0.15, -0.1) is 0 Å². The van der Waals surface area contributed by atoms with Crippen LogP contribution in [0.1, 0.15) is 12.0 Å². The fourth-order valence-corrected chi connectivity index (χ4v) is 2.53. The highest BCUT2D eigenvalue weighted by Crippen LogP contribution is 2.17. The van der Waals surface area contributed by atoms with Gasteiger partial charge in [0.1, 0.15) is 0 Å². The Labute approximate surface area is 108 Å². The number of nitrogens with one attached hydrogen (secondary N) is 1. The van der Waals surface area contributed by atoms with Gasteiger partial charge in [-0.1, -0.05) is 42.5 Å². The van der Waals surface area contributed by atoms with Gasteiger partial charge in [-0.25, -0.2) is 0 Å². The zero-order chi connectivity index (χ0) is 12.2. The van der Waals surface area contributed by atoms with E-state index in [-0.39, 0.29) is 0 Å². The Bertz CT molecular complexity index is 517.